The molecule has 2 N–H and O–H groups in total. The molecular formula is C19H16ClFN6OS. The SMILES string of the molecule is O=C(CSc1nnnn1-c1ccccc1Cl)NCCc1c[nH]c2ccc(F)cc12. The predicted molar refractivity (Wildman–Crippen MR) is 110 cm³/mol. The average molecular weight is 431 g/mol. The Balaban J connectivity index is 1.32. The highest BCUT2D eigenvalue weighted by Crippen LogP contribution is 2.24. The van der Waals surface area contributed by atoms with Crippen molar-refractivity contribution >= 4 is 40.2 Å². The molecule has 2 heterocycles. The van der Waals surface area contributed by atoms with Gasteiger partial charge in [0.1, 0.15) is 5.82 Å². The van der Waals surface area contributed by atoms with E-state index >= 15 is 0 Å². The van der Waals surface area contributed by atoms with Crippen molar-refractivity contribution in [3.63, 3.8) is 0 Å². The summed E-state index contributed by atoms with van der Waals surface area (Å²) in [7, 11) is 0. The number of H-pyrrole nitrogens is 1. The Bertz CT molecular complexity index is 1160. The molecule has 2 aromatic heterocycles. The maximum Gasteiger partial charge on any atom is 0.230 e. The molecule has 7 nitrogen and oxygen atoms in total. The minimum Gasteiger partial charge on any atom is -0.361 e. The van der Waals surface area contributed by atoms with Crippen LogP contribution in [0.25, 0.3) is 16.6 Å². The summed E-state index contributed by atoms with van der Waals surface area (Å²) in [6, 6.07) is 11.8. The summed E-state index contributed by atoms with van der Waals surface area (Å²) in [5, 5.41) is 16.2. The van der Waals surface area contributed by atoms with Gasteiger partial charge in [0.25, 0.3) is 0 Å². The van der Waals surface area contributed by atoms with Gasteiger partial charge in [-0.2, -0.15) is 4.68 Å². The Morgan fingerprint density at radius 1 is 1.28 bits per heavy atom. The van der Waals surface area contributed by atoms with Gasteiger partial charge in [-0.15, -0.1) is 5.10 Å². The zero-order valence-electron chi connectivity index (χ0n) is 15.1. The summed E-state index contributed by atoms with van der Waals surface area (Å²) >= 11 is 7.41. The molecule has 0 spiro atoms. The second-order valence-electron chi connectivity index (χ2n) is 6.22. The lowest BCUT2D eigenvalue weighted by molar-refractivity contribution is -0.118. The maximum absolute atomic E-state index is 13.4. The van der Waals surface area contributed by atoms with E-state index in [1.165, 1.54) is 28.6 Å². The molecule has 0 aliphatic heterocycles. The lowest BCUT2D eigenvalue weighted by Crippen LogP contribution is -2.27. The number of nitrogens with zero attached hydrogens (tertiary/aromatic N) is 4. The third-order valence-electron chi connectivity index (χ3n) is 4.30. The number of thioether (sulfide) groups is 1. The molecule has 4 rings (SSSR count). The van der Waals surface area contributed by atoms with Crippen LogP contribution in [0, 0.1) is 5.82 Å². The molecule has 0 bridgehead atoms. The first-order valence-corrected chi connectivity index (χ1v) is 10.2. The smallest absolute Gasteiger partial charge is 0.230 e. The second-order valence-corrected chi connectivity index (χ2v) is 7.57. The topological polar surface area (TPSA) is 88.5 Å². The maximum atomic E-state index is 13.4. The van der Waals surface area contributed by atoms with E-state index in [2.05, 4.69) is 25.8 Å². The first-order chi connectivity index (χ1) is 14.1. The third kappa shape index (κ3) is 4.41. The van der Waals surface area contributed by atoms with Gasteiger partial charge in [-0.1, -0.05) is 35.5 Å². The van der Waals surface area contributed by atoms with Crippen molar-refractivity contribution in [1.29, 1.82) is 0 Å². The minimum absolute atomic E-state index is 0.144. The van der Waals surface area contributed by atoms with Gasteiger partial charge in [0.2, 0.25) is 11.1 Å². The Morgan fingerprint density at radius 2 is 2.14 bits per heavy atom. The van der Waals surface area contributed by atoms with Crippen LogP contribution in [0.3, 0.4) is 0 Å². The highest BCUT2D eigenvalue weighted by atomic mass is 35.5. The number of hydrogen-bond donors (Lipinski definition) is 2. The van der Waals surface area contributed by atoms with Gasteiger partial charge < -0.3 is 10.3 Å². The fraction of sp³-hybridized carbons (Fsp3) is 0.158. The summed E-state index contributed by atoms with van der Waals surface area (Å²) < 4.78 is 14.9. The average Bonchev–Trinajstić information content (AvgIpc) is 3.34. The molecule has 148 valence electrons. The zero-order valence-corrected chi connectivity index (χ0v) is 16.7. The van der Waals surface area contributed by atoms with Crippen molar-refractivity contribution in [1.82, 2.24) is 30.5 Å². The van der Waals surface area contributed by atoms with Gasteiger partial charge in [-0.25, -0.2) is 4.39 Å². The summed E-state index contributed by atoms with van der Waals surface area (Å²) in [5.74, 6) is -0.266. The highest BCUT2D eigenvalue weighted by Gasteiger charge is 2.13. The van der Waals surface area contributed by atoms with Crippen LogP contribution in [-0.4, -0.2) is 43.4 Å². The van der Waals surface area contributed by atoms with Crippen LogP contribution >= 0.6 is 23.4 Å². The number of nitrogens with one attached hydrogen (secondary N) is 2. The van der Waals surface area contributed by atoms with Crippen LogP contribution in [0.1, 0.15) is 5.56 Å². The number of amides is 1. The fourth-order valence-electron chi connectivity index (χ4n) is 2.92. The molecule has 0 saturated heterocycles. The Labute approximate surface area is 174 Å². The molecule has 0 aliphatic rings. The molecule has 0 radical (unpaired) electrons. The third-order valence-corrected chi connectivity index (χ3v) is 5.54. The van der Waals surface area contributed by atoms with Crippen LogP contribution in [0.15, 0.2) is 53.8 Å². The van der Waals surface area contributed by atoms with E-state index in [4.69, 9.17) is 11.6 Å². The van der Waals surface area contributed by atoms with Gasteiger partial charge in [0.15, 0.2) is 0 Å². The predicted octanol–water partition coefficient (Wildman–Crippen LogP) is 3.39. The van der Waals surface area contributed by atoms with Crippen molar-refractivity contribution in [2.45, 2.75) is 11.6 Å². The van der Waals surface area contributed by atoms with Crippen molar-refractivity contribution in [2.24, 2.45) is 0 Å². The Kier molecular flexibility index (Phi) is 5.77. The van der Waals surface area contributed by atoms with Crippen molar-refractivity contribution in [3.8, 4) is 5.69 Å². The quantitative estimate of drug-likeness (QED) is 0.439. The number of fused-ring (bicyclic) bond motifs is 1. The minimum atomic E-state index is -0.282. The van der Waals surface area contributed by atoms with Crippen LogP contribution in [0.5, 0.6) is 0 Å². The van der Waals surface area contributed by atoms with E-state index in [0.717, 1.165) is 16.5 Å². The van der Waals surface area contributed by atoms with Gasteiger partial charge in [-0.3, -0.25) is 4.79 Å². The summed E-state index contributed by atoms with van der Waals surface area (Å²) in [6.45, 7) is 0.443. The summed E-state index contributed by atoms with van der Waals surface area (Å²) in [5.41, 5.74) is 2.47. The molecule has 4 aromatic rings. The molecule has 0 atom stereocenters. The van der Waals surface area contributed by atoms with E-state index in [9.17, 15) is 9.18 Å². The van der Waals surface area contributed by atoms with E-state index in [1.54, 1.807) is 18.2 Å². The monoisotopic (exact) mass is 430 g/mol. The van der Waals surface area contributed by atoms with Crippen molar-refractivity contribution in [2.75, 3.05) is 12.3 Å². The van der Waals surface area contributed by atoms with Gasteiger partial charge in [-0.05, 0) is 52.7 Å². The number of para-hydroxylation sites is 1. The number of rotatable bonds is 7. The molecule has 0 unspecified atom stereocenters. The summed E-state index contributed by atoms with van der Waals surface area (Å²) in [6.07, 6.45) is 2.43. The number of halogens is 2. The van der Waals surface area contributed by atoms with Gasteiger partial charge >= 0.3 is 0 Å². The van der Waals surface area contributed by atoms with Gasteiger partial charge in [0, 0.05) is 23.6 Å². The van der Waals surface area contributed by atoms with Crippen LogP contribution in [0.4, 0.5) is 4.39 Å². The van der Waals surface area contributed by atoms with Crippen LogP contribution in [-0.2, 0) is 11.2 Å². The molecule has 1 amide bonds. The Hall–Kier alpha value is -2.91. The zero-order chi connectivity index (χ0) is 20.2. The fourth-order valence-corrected chi connectivity index (χ4v) is 3.85. The van der Waals surface area contributed by atoms with Crippen molar-refractivity contribution in [3.05, 3.63) is 65.1 Å². The first-order valence-electron chi connectivity index (χ1n) is 8.80. The number of benzene rings is 2. The number of carbonyl (C=O) groups excluding carboxylic acids is 1. The van der Waals surface area contributed by atoms with Crippen LogP contribution in [0.2, 0.25) is 5.02 Å². The molecule has 2 aromatic carbocycles. The number of hydrogen-bond acceptors (Lipinski definition) is 5. The van der Waals surface area contributed by atoms with E-state index in [0.29, 0.717) is 28.8 Å². The first kappa shape index (κ1) is 19.4. The van der Waals surface area contributed by atoms with Crippen LogP contribution < -0.4 is 5.32 Å². The normalized spacial score (nSPS) is 11.1. The van der Waals surface area contributed by atoms with E-state index < -0.39 is 0 Å². The number of tetrazole rings is 1. The largest absolute Gasteiger partial charge is 0.361 e. The summed E-state index contributed by atoms with van der Waals surface area (Å²) in [4.78, 5) is 15.3. The lowest BCUT2D eigenvalue weighted by Gasteiger charge is -2.07. The number of aromatic nitrogens is 5. The van der Waals surface area contributed by atoms with Crippen molar-refractivity contribution < 1.29 is 9.18 Å². The second kappa shape index (κ2) is 8.62. The molecule has 29 heavy (non-hydrogen) atoms. The molecule has 10 heteroatoms. The molecule has 0 fully saturated rings. The molecular weight excluding hydrogens is 415 g/mol. The molecule has 0 saturated carbocycles. The lowest BCUT2D eigenvalue weighted by atomic mass is 10.1. The number of carbonyl (C=O) groups is 1. The van der Waals surface area contributed by atoms with E-state index in [-0.39, 0.29) is 17.5 Å². The van der Waals surface area contributed by atoms with E-state index in [1.807, 2.05) is 18.3 Å². The standard InChI is InChI=1S/C19H16ClFN6OS/c20-15-3-1-2-4-17(15)27-19(24-25-26-27)29-11-18(28)22-8-7-12-10-23-16-6-5-13(21)9-14(12)16/h1-6,9-10,23H,7-8,11H2,(H,22,28). The Morgan fingerprint density at radius 3 is 3.00 bits per heavy atom. The molecule has 0 aliphatic carbocycles. The van der Waals surface area contributed by atoms with Gasteiger partial charge in [0.05, 0.1) is 16.5 Å². The number of aromatic amines is 1. The highest BCUT2D eigenvalue weighted by molar-refractivity contribution is 7.99.